The lowest BCUT2D eigenvalue weighted by atomic mass is 9.99. The van der Waals surface area contributed by atoms with E-state index < -0.39 is 24.1 Å². The van der Waals surface area contributed by atoms with Gasteiger partial charge in [-0.25, -0.2) is 9.59 Å². The maximum absolute atomic E-state index is 13.4. The van der Waals surface area contributed by atoms with Crippen LogP contribution in [0.2, 0.25) is 0 Å². The number of carbonyl (C=O) groups is 3. The number of rotatable bonds is 8. The van der Waals surface area contributed by atoms with E-state index in [9.17, 15) is 19.5 Å². The zero-order valence-corrected chi connectivity index (χ0v) is 17.6. The number of esters is 1. The molecule has 1 N–H and O–H groups in total. The van der Waals surface area contributed by atoms with Gasteiger partial charge in [-0.05, 0) is 30.9 Å². The number of urea groups is 1. The third-order valence-electron chi connectivity index (χ3n) is 5.33. The number of nitrogens with zero attached hydrogens (tertiary/aromatic N) is 2. The zero-order chi connectivity index (χ0) is 22.2. The molecule has 7 heteroatoms. The van der Waals surface area contributed by atoms with Crippen LogP contribution in [-0.2, 0) is 27.3 Å². The summed E-state index contributed by atoms with van der Waals surface area (Å²) in [5, 5.41) is 10.9. The number of likely N-dealkylation sites (tertiary alicyclic amines) is 1. The summed E-state index contributed by atoms with van der Waals surface area (Å²) in [6.07, 6.45) is -0.394. The van der Waals surface area contributed by atoms with Crippen molar-refractivity contribution >= 4 is 17.9 Å². The molecule has 1 heterocycles. The minimum Gasteiger partial charge on any atom is -0.464 e. The van der Waals surface area contributed by atoms with Gasteiger partial charge in [0.05, 0.1) is 12.6 Å². The van der Waals surface area contributed by atoms with Crippen LogP contribution in [-0.4, -0.2) is 58.1 Å². The van der Waals surface area contributed by atoms with Crippen LogP contribution >= 0.6 is 0 Å². The van der Waals surface area contributed by atoms with Crippen LogP contribution < -0.4 is 0 Å². The van der Waals surface area contributed by atoms with E-state index in [0.29, 0.717) is 19.4 Å². The maximum atomic E-state index is 13.4. The minimum atomic E-state index is -1.55. The molecule has 1 aliphatic rings. The van der Waals surface area contributed by atoms with Gasteiger partial charge in [-0.3, -0.25) is 9.69 Å². The first-order valence-electron chi connectivity index (χ1n) is 10.5. The van der Waals surface area contributed by atoms with Gasteiger partial charge in [0.25, 0.3) is 0 Å². The smallest absolute Gasteiger partial charge is 0.337 e. The second kappa shape index (κ2) is 10.7. The largest absolute Gasteiger partial charge is 0.464 e. The van der Waals surface area contributed by atoms with Gasteiger partial charge in [0.1, 0.15) is 0 Å². The van der Waals surface area contributed by atoms with E-state index in [1.807, 2.05) is 60.7 Å². The third-order valence-corrected chi connectivity index (χ3v) is 5.33. The first-order valence-corrected chi connectivity index (χ1v) is 10.5. The average Bonchev–Trinajstić information content (AvgIpc) is 3.22. The van der Waals surface area contributed by atoms with Crippen molar-refractivity contribution in [2.75, 3.05) is 13.2 Å². The Morgan fingerprint density at radius 1 is 1.06 bits per heavy atom. The fourth-order valence-electron chi connectivity index (χ4n) is 3.74. The van der Waals surface area contributed by atoms with Crippen LogP contribution in [0.15, 0.2) is 60.7 Å². The molecule has 2 atom stereocenters. The predicted molar refractivity (Wildman–Crippen MR) is 115 cm³/mol. The number of aliphatic hydroxyl groups is 1. The van der Waals surface area contributed by atoms with Gasteiger partial charge in [-0.1, -0.05) is 60.7 Å². The summed E-state index contributed by atoms with van der Waals surface area (Å²) in [5.74, 6) is -1.03. The molecule has 1 saturated heterocycles. The number of carbonyl (C=O) groups excluding carboxylic acids is 3. The van der Waals surface area contributed by atoms with Gasteiger partial charge >= 0.3 is 12.0 Å². The summed E-state index contributed by atoms with van der Waals surface area (Å²) in [6.45, 7) is 2.26. The molecular formula is C24H28N2O5. The van der Waals surface area contributed by atoms with Crippen LogP contribution in [0, 0.1) is 0 Å². The highest BCUT2D eigenvalue weighted by Crippen LogP contribution is 2.22. The molecule has 1 fully saturated rings. The van der Waals surface area contributed by atoms with Crippen molar-refractivity contribution in [3.8, 4) is 0 Å². The van der Waals surface area contributed by atoms with E-state index >= 15 is 0 Å². The van der Waals surface area contributed by atoms with Gasteiger partial charge in [0, 0.05) is 19.5 Å². The molecule has 0 radical (unpaired) electrons. The van der Waals surface area contributed by atoms with Crippen molar-refractivity contribution in [3.63, 3.8) is 0 Å². The Morgan fingerprint density at radius 3 is 2.23 bits per heavy atom. The summed E-state index contributed by atoms with van der Waals surface area (Å²) >= 11 is 0. The van der Waals surface area contributed by atoms with Crippen LogP contribution in [0.1, 0.15) is 30.9 Å². The summed E-state index contributed by atoms with van der Waals surface area (Å²) in [7, 11) is 0. The number of benzene rings is 2. The van der Waals surface area contributed by atoms with Crippen molar-refractivity contribution in [3.05, 3.63) is 71.8 Å². The average molecular weight is 424 g/mol. The minimum absolute atomic E-state index is 0.116. The maximum Gasteiger partial charge on any atom is 0.337 e. The number of hydrogen-bond acceptors (Lipinski definition) is 5. The zero-order valence-electron chi connectivity index (χ0n) is 17.6. The van der Waals surface area contributed by atoms with Crippen molar-refractivity contribution in [1.82, 2.24) is 9.80 Å². The standard InChI is InChI=1S/C24H28N2O5/c1-2-31-23(29)22(28)20(16-18-10-5-3-6-11-18)26(17-19-12-7-4-8-13-19)24(30)25-15-9-14-21(25)27/h3-8,10-13,20,22,28H,2,9,14-17H2,1H3. The lowest BCUT2D eigenvalue weighted by Gasteiger charge is -2.36. The molecule has 1 aliphatic heterocycles. The molecule has 2 aromatic carbocycles. The van der Waals surface area contributed by atoms with Crippen molar-refractivity contribution < 1.29 is 24.2 Å². The number of amides is 3. The normalized spacial score (nSPS) is 15.4. The van der Waals surface area contributed by atoms with Crippen molar-refractivity contribution in [1.29, 1.82) is 0 Å². The molecule has 0 aromatic heterocycles. The van der Waals surface area contributed by atoms with E-state index in [4.69, 9.17) is 4.74 Å². The summed E-state index contributed by atoms with van der Waals surface area (Å²) in [5.41, 5.74) is 1.69. The monoisotopic (exact) mass is 424 g/mol. The van der Waals surface area contributed by atoms with Crippen molar-refractivity contribution in [2.24, 2.45) is 0 Å². The molecule has 2 unspecified atom stereocenters. The van der Waals surface area contributed by atoms with Crippen LogP contribution in [0.25, 0.3) is 0 Å². The Hall–Kier alpha value is -3.19. The molecule has 0 aliphatic carbocycles. The third kappa shape index (κ3) is 5.70. The lowest BCUT2D eigenvalue weighted by molar-refractivity contribution is -0.156. The summed E-state index contributed by atoms with van der Waals surface area (Å²) in [4.78, 5) is 40.8. The highest BCUT2D eigenvalue weighted by molar-refractivity contribution is 5.96. The fourth-order valence-corrected chi connectivity index (χ4v) is 3.74. The van der Waals surface area contributed by atoms with E-state index in [0.717, 1.165) is 11.1 Å². The first kappa shape index (κ1) is 22.5. The number of ether oxygens (including phenoxy) is 1. The van der Waals surface area contributed by atoms with Crippen LogP contribution in [0.5, 0.6) is 0 Å². The fraction of sp³-hybridized carbons (Fsp3) is 0.375. The van der Waals surface area contributed by atoms with Gasteiger partial charge in [-0.2, -0.15) is 0 Å². The molecule has 3 amide bonds. The Labute approximate surface area is 182 Å². The van der Waals surface area contributed by atoms with Crippen molar-refractivity contribution in [2.45, 2.75) is 44.9 Å². The Balaban J connectivity index is 1.98. The number of imide groups is 1. The van der Waals surface area contributed by atoms with Gasteiger partial charge in [0.15, 0.2) is 6.10 Å². The van der Waals surface area contributed by atoms with Gasteiger partial charge in [-0.15, -0.1) is 0 Å². The molecule has 164 valence electrons. The first-order chi connectivity index (χ1) is 15.0. The molecule has 2 aromatic rings. The number of aliphatic hydroxyl groups excluding tert-OH is 1. The Bertz CT molecular complexity index is 887. The summed E-state index contributed by atoms with van der Waals surface area (Å²) < 4.78 is 5.04. The second-order valence-corrected chi connectivity index (χ2v) is 7.50. The molecule has 0 saturated carbocycles. The van der Waals surface area contributed by atoms with Crippen LogP contribution in [0.3, 0.4) is 0 Å². The number of hydrogen-bond donors (Lipinski definition) is 1. The van der Waals surface area contributed by atoms with E-state index in [1.54, 1.807) is 6.92 Å². The predicted octanol–water partition coefficient (Wildman–Crippen LogP) is 2.77. The lowest BCUT2D eigenvalue weighted by Crippen LogP contribution is -2.55. The molecule has 0 spiro atoms. The highest BCUT2D eigenvalue weighted by atomic mass is 16.5. The quantitative estimate of drug-likeness (QED) is 0.659. The summed E-state index contributed by atoms with van der Waals surface area (Å²) in [6, 6.07) is 17.2. The molecule has 7 nitrogen and oxygen atoms in total. The SMILES string of the molecule is CCOC(=O)C(O)C(Cc1ccccc1)N(Cc1ccccc1)C(=O)N1CCCC1=O. The molecule has 3 rings (SSSR count). The molecule has 31 heavy (non-hydrogen) atoms. The van der Waals surface area contributed by atoms with Crippen LogP contribution in [0.4, 0.5) is 4.79 Å². The van der Waals surface area contributed by atoms with E-state index in [-0.39, 0.29) is 25.5 Å². The van der Waals surface area contributed by atoms with Gasteiger partial charge in [0.2, 0.25) is 5.91 Å². The topological polar surface area (TPSA) is 87.2 Å². The second-order valence-electron chi connectivity index (χ2n) is 7.50. The molecule has 0 bridgehead atoms. The van der Waals surface area contributed by atoms with E-state index in [2.05, 4.69) is 0 Å². The Morgan fingerprint density at radius 2 is 1.68 bits per heavy atom. The Kier molecular flexibility index (Phi) is 7.78. The molecular weight excluding hydrogens is 396 g/mol. The van der Waals surface area contributed by atoms with E-state index in [1.165, 1.54) is 9.80 Å². The van der Waals surface area contributed by atoms with Gasteiger partial charge < -0.3 is 14.7 Å². The highest BCUT2D eigenvalue weighted by Gasteiger charge is 2.39.